The molecule has 11 heavy (non-hydrogen) atoms. The van der Waals surface area contributed by atoms with Crippen molar-refractivity contribution in [3.05, 3.63) is 6.42 Å². The second-order valence-electron chi connectivity index (χ2n) is 2.25. The van der Waals surface area contributed by atoms with E-state index in [4.69, 9.17) is 10.8 Å². The van der Waals surface area contributed by atoms with Gasteiger partial charge in [-0.3, -0.25) is 9.59 Å². The van der Waals surface area contributed by atoms with Crippen LogP contribution in [0.1, 0.15) is 0 Å². The molecule has 0 rings (SSSR count). The number of aliphatic hydroxyl groups excluding tert-OH is 1. The monoisotopic (exact) mass is 159 g/mol. The molecular weight excluding hydrogens is 148 g/mol. The van der Waals surface area contributed by atoms with E-state index in [-0.39, 0.29) is 0 Å². The van der Waals surface area contributed by atoms with Gasteiger partial charge in [0.2, 0.25) is 11.8 Å². The largest absolute Gasteiger partial charge is 0.382 e. The summed E-state index contributed by atoms with van der Waals surface area (Å²) < 4.78 is 0. The predicted molar refractivity (Wildman–Crippen MR) is 38.2 cm³/mol. The van der Waals surface area contributed by atoms with Gasteiger partial charge >= 0.3 is 0 Å². The summed E-state index contributed by atoms with van der Waals surface area (Å²) in [6.45, 7) is 0. The van der Waals surface area contributed by atoms with E-state index in [1.165, 1.54) is 19.0 Å². The second kappa shape index (κ2) is 3.92. The fourth-order valence-electron chi connectivity index (χ4n) is 0.366. The van der Waals surface area contributed by atoms with Gasteiger partial charge in [-0.15, -0.1) is 0 Å². The lowest BCUT2D eigenvalue weighted by molar-refractivity contribution is -0.131. The van der Waals surface area contributed by atoms with Crippen LogP contribution in [0.4, 0.5) is 0 Å². The van der Waals surface area contributed by atoms with E-state index in [1.54, 1.807) is 0 Å². The van der Waals surface area contributed by atoms with Crippen molar-refractivity contribution >= 4 is 11.8 Å². The van der Waals surface area contributed by atoms with Gasteiger partial charge in [0.25, 0.3) is 0 Å². The Bertz CT molecular complexity index is 167. The first-order chi connectivity index (χ1) is 4.95. The smallest absolute Gasteiger partial charge is 0.247 e. The van der Waals surface area contributed by atoms with Crippen molar-refractivity contribution in [3.63, 3.8) is 0 Å². The lowest BCUT2D eigenvalue weighted by Crippen LogP contribution is -2.35. The molecule has 3 N–H and O–H groups in total. The van der Waals surface area contributed by atoms with E-state index in [1.807, 2.05) is 0 Å². The van der Waals surface area contributed by atoms with Gasteiger partial charge in [-0.2, -0.15) is 0 Å². The van der Waals surface area contributed by atoms with Crippen LogP contribution in [0.25, 0.3) is 0 Å². The molecule has 0 spiro atoms. The highest BCUT2D eigenvalue weighted by Crippen LogP contribution is 1.91. The normalized spacial score (nSPS) is 12.3. The van der Waals surface area contributed by atoms with Gasteiger partial charge in [0.15, 0.2) is 0 Å². The molecule has 0 aliphatic rings. The summed E-state index contributed by atoms with van der Waals surface area (Å²) in [5.41, 5.74) is 4.69. The van der Waals surface area contributed by atoms with E-state index < -0.39 is 17.9 Å². The fraction of sp³-hybridized carbons (Fsp3) is 0.500. The Labute approximate surface area is 64.8 Å². The van der Waals surface area contributed by atoms with Crippen molar-refractivity contribution in [2.24, 2.45) is 5.73 Å². The van der Waals surface area contributed by atoms with Crippen LogP contribution < -0.4 is 5.73 Å². The number of amides is 2. The SMILES string of the molecule is CN(C)C(=O)[CH][C@H](O)C(N)=O. The molecule has 0 aromatic rings. The standard InChI is InChI=1S/C6H11N2O3/c1-8(2)5(10)3-4(9)6(7)11/h3-4,9H,1-2H3,(H2,7,11)/t4-/m0/s1. The Kier molecular flexibility index (Phi) is 3.53. The molecule has 1 radical (unpaired) electrons. The third kappa shape index (κ3) is 3.57. The van der Waals surface area contributed by atoms with Gasteiger partial charge in [-0.25, -0.2) is 0 Å². The molecule has 0 aliphatic heterocycles. The summed E-state index contributed by atoms with van der Waals surface area (Å²) in [5, 5.41) is 8.77. The van der Waals surface area contributed by atoms with E-state index in [9.17, 15) is 9.59 Å². The highest BCUT2D eigenvalue weighted by atomic mass is 16.3. The summed E-state index contributed by atoms with van der Waals surface area (Å²) >= 11 is 0. The van der Waals surface area contributed by atoms with Crippen molar-refractivity contribution < 1.29 is 14.7 Å². The Morgan fingerprint density at radius 2 is 2.00 bits per heavy atom. The molecule has 0 heterocycles. The molecule has 0 aliphatic carbocycles. The Morgan fingerprint density at radius 1 is 1.55 bits per heavy atom. The van der Waals surface area contributed by atoms with Crippen LogP contribution in [0.3, 0.4) is 0 Å². The van der Waals surface area contributed by atoms with Crippen LogP contribution >= 0.6 is 0 Å². The first-order valence-electron chi connectivity index (χ1n) is 2.98. The number of carbonyl (C=O) groups excluding carboxylic acids is 2. The van der Waals surface area contributed by atoms with Crippen molar-refractivity contribution in [1.82, 2.24) is 4.90 Å². The summed E-state index contributed by atoms with van der Waals surface area (Å²) in [5.74, 6) is -1.38. The van der Waals surface area contributed by atoms with Crippen molar-refractivity contribution in [2.75, 3.05) is 14.1 Å². The van der Waals surface area contributed by atoms with Crippen LogP contribution in [0, 0.1) is 6.42 Å². The van der Waals surface area contributed by atoms with E-state index in [0.29, 0.717) is 0 Å². The Balaban J connectivity index is 3.85. The molecule has 0 saturated heterocycles. The van der Waals surface area contributed by atoms with Crippen LogP contribution in [-0.2, 0) is 9.59 Å². The molecule has 2 amide bonds. The van der Waals surface area contributed by atoms with Gasteiger partial charge in [-0.1, -0.05) is 0 Å². The highest BCUT2D eigenvalue weighted by Gasteiger charge is 2.17. The first kappa shape index (κ1) is 9.90. The van der Waals surface area contributed by atoms with E-state index in [0.717, 1.165) is 6.42 Å². The maximum Gasteiger partial charge on any atom is 0.247 e. The number of hydrogen-bond acceptors (Lipinski definition) is 3. The number of nitrogens with zero attached hydrogens (tertiary/aromatic N) is 1. The molecule has 0 unspecified atom stereocenters. The van der Waals surface area contributed by atoms with E-state index >= 15 is 0 Å². The average Bonchev–Trinajstić information content (AvgIpc) is 1.87. The third-order valence-electron chi connectivity index (χ3n) is 1.03. The molecule has 5 heteroatoms. The average molecular weight is 159 g/mol. The summed E-state index contributed by atoms with van der Waals surface area (Å²) in [4.78, 5) is 22.2. The number of nitrogens with two attached hydrogens (primary N) is 1. The third-order valence-corrected chi connectivity index (χ3v) is 1.03. The van der Waals surface area contributed by atoms with Gasteiger partial charge in [-0.05, 0) is 0 Å². The minimum atomic E-state index is -1.50. The molecule has 5 nitrogen and oxygen atoms in total. The van der Waals surface area contributed by atoms with Crippen molar-refractivity contribution in [3.8, 4) is 0 Å². The summed E-state index contributed by atoms with van der Waals surface area (Å²) in [6.07, 6.45) is -0.646. The van der Waals surface area contributed by atoms with Crippen LogP contribution in [-0.4, -0.2) is 42.0 Å². The molecule has 0 saturated carbocycles. The zero-order valence-corrected chi connectivity index (χ0v) is 6.44. The van der Waals surface area contributed by atoms with Gasteiger partial charge in [0, 0.05) is 14.1 Å². The minimum Gasteiger partial charge on any atom is -0.382 e. The van der Waals surface area contributed by atoms with Crippen molar-refractivity contribution in [2.45, 2.75) is 6.10 Å². The molecule has 63 valence electrons. The Morgan fingerprint density at radius 3 is 2.27 bits per heavy atom. The lowest BCUT2D eigenvalue weighted by atomic mass is 10.2. The van der Waals surface area contributed by atoms with Gasteiger partial charge in [0.05, 0.1) is 6.42 Å². The number of primary amides is 1. The quantitative estimate of drug-likeness (QED) is 0.505. The number of carbonyl (C=O) groups is 2. The number of hydrogen-bond donors (Lipinski definition) is 2. The topological polar surface area (TPSA) is 83.6 Å². The molecular formula is C6H11N2O3. The molecule has 0 aromatic heterocycles. The van der Waals surface area contributed by atoms with Crippen LogP contribution in [0.2, 0.25) is 0 Å². The second-order valence-corrected chi connectivity index (χ2v) is 2.25. The lowest BCUT2D eigenvalue weighted by Gasteiger charge is -2.11. The highest BCUT2D eigenvalue weighted by molar-refractivity contribution is 5.93. The first-order valence-corrected chi connectivity index (χ1v) is 2.98. The number of rotatable bonds is 3. The minimum absolute atomic E-state index is 0.448. The van der Waals surface area contributed by atoms with Crippen molar-refractivity contribution in [1.29, 1.82) is 0 Å². The predicted octanol–water partition coefficient (Wildman–Crippen LogP) is -1.87. The zero-order valence-electron chi connectivity index (χ0n) is 6.44. The molecule has 1 atom stereocenters. The van der Waals surface area contributed by atoms with Gasteiger partial charge < -0.3 is 15.7 Å². The molecule has 0 fully saturated rings. The number of aliphatic hydroxyl groups is 1. The zero-order chi connectivity index (χ0) is 9.02. The molecule has 0 bridgehead atoms. The van der Waals surface area contributed by atoms with Crippen LogP contribution in [0.15, 0.2) is 0 Å². The van der Waals surface area contributed by atoms with E-state index in [2.05, 4.69) is 0 Å². The summed E-state index contributed by atoms with van der Waals surface area (Å²) in [7, 11) is 3.01. The maximum atomic E-state index is 10.8. The van der Waals surface area contributed by atoms with Crippen LogP contribution in [0.5, 0.6) is 0 Å². The maximum absolute atomic E-state index is 10.8. The molecule has 0 aromatic carbocycles. The fourth-order valence-corrected chi connectivity index (χ4v) is 0.366. The Hall–Kier alpha value is -1.10. The summed E-state index contributed by atoms with van der Waals surface area (Å²) in [6, 6.07) is 0. The van der Waals surface area contributed by atoms with Gasteiger partial charge in [0.1, 0.15) is 6.10 Å².